The maximum absolute atomic E-state index is 12.6. The Morgan fingerprint density at radius 2 is 1.86 bits per heavy atom. The number of hydrogen-bond acceptors (Lipinski definition) is 4. The van der Waals surface area contributed by atoms with Gasteiger partial charge < -0.3 is 14.4 Å². The summed E-state index contributed by atoms with van der Waals surface area (Å²) >= 11 is 0. The van der Waals surface area contributed by atoms with Crippen molar-refractivity contribution in [2.24, 2.45) is 5.92 Å². The highest BCUT2D eigenvalue weighted by atomic mass is 16.5. The van der Waals surface area contributed by atoms with E-state index in [1.807, 2.05) is 36.4 Å². The fourth-order valence-corrected chi connectivity index (χ4v) is 7.08. The van der Waals surface area contributed by atoms with Crippen LogP contribution in [-0.4, -0.2) is 43.5 Å². The standard InChI is InChI=1S/C18H21NO3.C9H7.C6H5/c1-19-8-7-18-11-4-5-13(20)17(18)22-16-14(21-2)6-3-10(15(16)18)9-12(11)19;1-2-5-9-7-3-6-8(9)4-1;1-2-4-6-5-3-1/h3,6,11-12,17H,4-5,7-9H2,1-2H3;1-7H;1-5H/t11-,12+,17-,18-;;/m0../s1. The average molecular weight is 492 g/mol. The average Bonchev–Trinajstić information content (AvgIpc) is 3.56. The second kappa shape index (κ2) is 9.83. The van der Waals surface area contributed by atoms with Gasteiger partial charge in [-0.05, 0) is 67.6 Å². The van der Waals surface area contributed by atoms with Gasteiger partial charge in [0.15, 0.2) is 23.4 Å². The molecule has 2 bridgehead atoms. The van der Waals surface area contributed by atoms with E-state index in [4.69, 9.17) is 9.47 Å². The van der Waals surface area contributed by atoms with Crippen LogP contribution in [-0.2, 0) is 16.6 Å². The number of likely N-dealkylation sites (N-methyl/N-ethyl adjacent to an activating group) is 1. The first-order valence-electron chi connectivity index (χ1n) is 13.2. The van der Waals surface area contributed by atoms with E-state index in [2.05, 4.69) is 66.9 Å². The molecule has 0 aromatic heterocycles. The molecule has 2 fully saturated rings. The normalized spacial score (nSPS) is 27.5. The minimum Gasteiger partial charge on any atom is -0.493 e. The fraction of sp³-hybridized carbons (Fsp3) is 0.333. The van der Waals surface area contributed by atoms with Gasteiger partial charge >= 0.3 is 0 Å². The van der Waals surface area contributed by atoms with Crippen molar-refractivity contribution in [3.63, 3.8) is 0 Å². The highest BCUT2D eigenvalue weighted by Gasteiger charge is 2.65. The zero-order valence-corrected chi connectivity index (χ0v) is 21.5. The van der Waals surface area contributed by atoms with Gasteiger partial charge in [0.2, 0.25) is 0 Å². The molecule has 3 aromatic rings. The lowest BCUT2D eigenvalue weighted by Gasteiger charge is -2.57. The van der Waals surface area contributed by atoms with E-state index < -0.39 is 0 Å². The molecule has 37 heavy (non-hydrogen) atoms. The summed E-state index contributed by atoms with van der Waals surface area (Å²) in [5, 5.41) is 0. The molecule has 1 saturated heterocycles. The summed E-state index contributed by atoms with van der Waals surface area (Å²) < 4.78 is 11.8. The second-order valence-electron chi connectivity index (χ2n) is 10.5. The van der Waals surface area contributed by atoms with Crippen LogP contribution in [0.2, 0.25) is 0 Å². The van der Waals surface area contributed by atoms with Crippen LogP contribution in [0.1, 0.15) is 41.5 Å². The summed E-state index contributed by atoms with van der Waals surface area (Å²) in [6, 6.07) is 25.6. The monoisotopic (exact) mass is 491 g/mol. The number of ketones is 1. The minimum absolute atomic E-state index is 0.0933. The summed E-state index contributed by atoms with van der Waals surface area (Å²) in [7, 11) is 3.91. The maximum Gasteiger partial charge on any atom is 0.174 e. The number of nitrogens with zero attached hydrogens (tertiary/aromatic N) is 1. The number of likely N-dealkylation sites (tertiary alicyclic amines) is 1. The zero-order chi connectivity index (χ0) is 25.4. The van der Waals surface area contributed by atoms with Crippen molar-refractivity contribution in [3.8, 4) is 11.5 Å². The molecule has 0 N–H and O–H groups in total. The second-order valence-corrected chi connectivity index (χ2v) is 10.5. The number of carbonyl (C=O) groups is 1. The Morgan fingerprint density at radius 3 is 2.57 bits per heavy atom. The molecule has 3 aliphatic carbocycles. The van der Waals surface area contributed by atoms with Gasteiger partial charge in [0.1, 0.15) is 0 Å². The van der Waals surface area contributed by atoms with E-state index in [0.29, 0.717) is 18.4 Å². The Hall–Kier alpha value is -3.37. The number of benzene rings is 3. The Labute approximate surface area is 219 Å². The Morgan fingerprint density at radius 1 is 1.05 bits per heavy atom. The topological polar surface area (TPSA) is 38.8 Å². The summed E-state index contributed by atoms with van der Waals surface area (Å²) in [6.07, 6.45) is 9.78. The van der Waals surface area contributed by atoms with Crippen molar-refractivity contribution < 1.29 is 14.3 Å². The van der Waals surface area contributed by atoms with Gasteiger partial charge in [0.05, 0.1) is 7.11 Å². The van der Waals surface area contributed by atoms with Crippen LogP contribution >= 0.6 is 0 Å². The molecule has 3 aromatic carbocycles. The molecule has 4 atom stereocenters. The summed E-state index contributed by atoms with van der Waals surface area (Å²) in [6.45, 7) is 1.05. The van der Waals surface area contributed by atoms with Crippen LogP contribution in [0.4, 0.5) is 0 Å². The molecule has 1 saturated carbocycles. The number of methoxy groups -OCH3 is 1. The van der Waals surface area contributed by atoms with Gasteiger partial charge in [-0.25, -0.2) is 0 Å². The van der Waals surface area contributed by atoms with Gasteiger partial charge in [0, 0.05) is 29.9 Å². The van der Waals surface area contributed by atoms with E-state index in [9.17, 15) is 4.79 Å². The molecule has 5 aliphatic rings. The molecule has 1 spiro atoms. The Balaban J connectivity index is 0.000000137. The number of hydrogen-bond donors (Lipinski definition) is 0. The molecule has 4 heteroatoms. The third-order valence-corrected chi connectivity index (χ3v) is 8.75. The van der Waals surface area contributed by atoms with Crippen LogP contribution in [0, 0.1) is 18.4 Å². The molecule has 2 aliphatic heterocycles. The van der Waals surface area contributed by atoms with Crippen LogP contribution in [0.25, 0.3) is 6.08 Å². The van der Waals surface area contributed by atoms with E-state index in [0.717, 1.165) is 37.3 Å². The van der Waals surface area contributed by atoms with E-state index >= 15 is 0 Å². The van der Waals surface area contributed by atoms with Gasteiger partial charge in [0.25, 0.3) is 0 Å². The van der Waals surface area contributed by atoms with Crippen molar-refractivity contribution in [3.05, 3.63) is 108 Å². The summed E-state index contributed by atoms with van der Waals surface area (Å²) in [5.74, 6) is 2.46. The first-order valence-corrected chi connectivity index (χ1v) is 13.2. The quantitative estimate of drug-likeness (QED) is 0.439. The largest absolute Gasteiger partial charge is 0.493 e. The highest BCUT2D eigenvalue weighted by Crippen LogP contribution is 2.63. The predicted octanol–water partition coefficient (Wildman–Crippen LogP) is 5.69. The molecular weight excluding hydrogens is 458 g/mol. The number of fused-ring (bicyclic) bond motifs is 1. The SMILES string of the molecule is COc1ccc2c3c1O[C@H]1C(=O)CC[C@H]4[C@@H](C2)N(C)CC[C@]314.[CH]1C=Cc2ccccc21.[c]1ccccc1. The molecule has 0 unspecified atom stereocenters. The van der Waals surface area contributed by atoms with Crippen LogP contribution in [0.5, 0.6) is 11.5 Å². The van der Waals surface area contributed by atoms with Crippen molar-refractivity contribution in [2.45, 2.75) is 43.2 Å². The van der Waals surface area contributed by atoms with Crippen molar-refractivity contribution >= 4 is 11.9 Å². The number of piperidine rings is 1. The third kappa shape index (κ3) is 3.99. The van der Waals surface area contributed by atoms with Gasteiger partial charge in [-0.15, -0.1) is 0 Å². The van der Waals surface area contributed by atoms with Crippen molar-refractivity contribution in [2.75, 3.05) is 20.7 Å². The first kappa shape index (κ1) is 24.0. The maximum atomic E-state index is 12.6. The first-order chi connectivity index (χ1) is 18.1. The molecule has 2 radical (unpaired) electrons. The number of carbonyl (C=O) groups excluding carboxylic acids is 1. The van der Waals surface area contributed by atoms with Gasteiger partial charge in [-0.1, -0.05) is 72.8 Å². The van der Waals surface area contributed by atoms with Gasteiger partial charge in [-0.2, -0.15) is 0 Å². The molecule has 2 heterocycles. The number of allylic oxidation sites excluding steroid dienone is 1. The van der Waals surface area contributed by atoms with Gasteiger partial charge in [-0.3, -0.25) is 4.79 Å². The highest BCUT2D eigenvalue weighted by molar-refractivity contribution is 5.89. The van der Waals surface area contributed by atoms with Crippen LogP contribution < -0.4 is 9.47 Å². The summed E-state index contributed by atoms with van der Waals surface area (Å²) in [5.41, 5.74) is 5.24. The van der Waals surface area contributed by atoms with Crippen LogP contribution in [0.15, 0.2) is 72.8 Å². The van der Waals surface area contributed by atoms with Crippen molar-refractivity contribution in [1.82, 2.24) is 4.90 Å². The third-order valence-electron chi connectivity index (χ3n) is 8.75. The lowest BCUT2D eigenvalue weighted by atomic mass is 9.52. The van der Waals surface area contributed by atoms with Crippen molar-refractivity contribution in [1.29, 1.82) is 0 Å². The molecule has 0 amide bonds. The molecular formula is C33H33NO3. The number of ether oxygens (including phenoxy) is 2. The lowest BCUT2D eigenvalue weighted by Crippen LogP contribution is -2.65. The van der Waals surface area contributed by atoms with E-state index in [-0.39, 0.29) is 17.3 Å². The van der Waals surface area contributed by atoms with Crippen LogP contribution in [0.3, 0.4) is 0 Å². The molecule has 188 valence electrons. The predicted molar refractivity (Wildman–Crippen MR) is 146 cm³/mol. The van der Waals surface area contributed by atoms with E-state index in [1.165, 1.54) is 22.3 Å². The smallest absolute Gasteiger partial charge is 0.174 e. The molecule has 4 nitrogen and oxygen atoms in total. The molecule has 8 rings (SSSR count). The fourth-order valence-electron chi connectivity index (χ4n) is 7.08. The zero-order valence-electron chi connectivity index (χ0n) is 21.5. The number of Topliss-reactive ketones (excluding diaryl/α,β-unsaturated/α-hetero) is 1. The lowest BCUT2D eigenvalue weighted by molar-refractivity contribution is -0.138. The van der Waals surface area contributed by atoms with E-state index in [1.54, 1.807) is 7.11 Å². The Kier molecular flexibility index (Phi) is 6.37. The number of rotatable bonds is 1. The Bertz CT molecular complexity index is 1290. The minimum atomic E-state index is -0.284. The summed E-state index contributed by atoms with van der Waals surface area (Å²) in [4.78, 5) is 15.1.